The zero-order valence-electron chi connectivity index (χ0n) is 11.4. The molecule has 0 bridgehead atoms. The third-order valence-electron chi connectivity index (χ3n) is 2.96. The van der Waals surface area contributed by atoms with Crippen molar-refractivity contribution in [1.82, 2.24) is 15.0 Å². The van der Waals surface area contributed by atoms with Crippen molar-refractivity contribution in [2.24, 2.45) is 0 Å². The molecule has 1 aromatic carbocycles. The molecule has 112 valence electrons. The first-order valence-electron chi connectivity index (χ1n) is 6.36. The Kier molecular flexibility index (Phi) is 3.30. The molecule has 3 aromatic rings. The molecule has 0 saturated carbocycles. The fourth-order valence-electron chi connectivity index (χ4n) is 2.09. The van der Waals surface area contributed by atoms with Crippen LogP contribution in [0.25, 0.3) is 21.9 Å². The van der Waals surface area contributed by atoms with Crippen molar-refractivity contribution in [1.29, 1.82) is 0 Å². The Morgan fingerprint density at radius 1 is 1.45 bits per heavy atom. The normalized spacial score (nSPS) is 10.8. The number of benzene rings is 1. The Balaban J connectivity index is 2.12. The largest absolute Gasteiger partial charge is 0.516 e. The first kappa shape index (κ1) is 13.7. The number of ether oxygens (including phenoxy) is 2. The molecule has 0 spiro atoms. The molecular formula is C13H10N4O5. The summed E-state index contributed by atoms with van der Waals surface area (Å²) in [6.45, 7) is 1.81. The average Bonchev–Trinajstić information content (AvgIpc) is 2.85. The zero-order chi connectivity index (χ0) is 15.7. The van der Waals surface area contributed by atoms with E-state index in [2.05, 4.69) is 19.7 Å². The number of non-ortho nitro benzene ring substituents is 1. The fourth-order valence-corrected chi connectivity index (χ4v) is 2.09. The number of hydrogen-bond acceptors (Lipinski definition) is 7. The van der Waals surface area contributed by atoms with Gasteiger partial charge in [0.05, 0.1) is 23.2 Å². The zero-order valence-corrected chi connectivity index (χ0v) is 11.4. The summed E-state index contributed by atoms with van der Waals surface area (Å²) in [7, 11) is 0. The van der Waals surface area contributed by atoms with E-state index in [9.17, 15) is 14.9 Å². The number of aromatic amines is 1. The van der Waals surface area contributed by atoms with Crippen LogP contribution in [-0.4, -0.2) is 32.6 Å². The maximum atomic E-state index is 11.3. The van der Waals surface area contributed by atoms with E-state index in [-0.39, 0.29) is 18.3 Å². The van der Waals surface area contributed by atoms with E-state index in [1.54, 1.807) is 19.1 Å². The summed E-state index contributed by atoms with van der Waals surface area (Å²) in [4.78, 5) is 32.7. The minimum absolute atomic E-state index is 0.0663. The van der Waals surface area contributed by atoms with E-state index in [0.29, 0.717) is 21.9 Å². The predicted molar refractivity (Wildman–Crippen MR) is 75.7 cm³/mol. The monoisotopic (exact) mass is 302 g/mol. The second-order valence-corrected chi connectivity index (χ2v) is 4.28. The van der Waals surface area contributed by atoms with Gasteiger partial charge in [-0.3, -0.25) is 10.1 Å². The van der Waals surface area contributed by atoms with Crippen molar-refractivity contribution in [3.63, 3.8) is 0 Å². The molecule has 0 radical (unpaired) electrons. The van der Waals surface area contributed by atoms with Crippen LogP contribution in [0.4, 0.5) is 10.5 Å². The molecule has 22 heavy (non-hydrogen) atoms. The predicted octanol–water partition coefficient (Wildman–Crippen LogP) is 2.55. The minimum atomic E-state index is -0.910. The number of carbonyl (C=O) groups is 1. The Bertz CT molecular complexity index is 889. The number of nitrogens with one attached hydrogen (secondary N) is 1. The SMILES string of the molecule is CCOC(=O)Oc1ncc2[nH]c3c([N+](=O)[O-])cccc3c2n1. The molecule has 3 rings (SSSR count). The highest BCUT2D eigenvalue weighted by Gasteiger charge is 2.17. The molecule has 9 nitrogen and oxygen atoms in total. The second kappa shape index (κ2) is 5.28. The number of nitrogens with zero attached hydrogens (tertiary/aromatic N) is 3. The molecule has 1 N–H and O–H groups in total. The minimum Gasteiger partial charge on any atom is -0.434 e. The van der Waals surface area contributed by atoms with Crippen LogP contribution in [0, 0.1) is 10.1 Å². The molecular weight excluding hydrogens is 292 g/mol. The number of rotatable bonds is 3. The number of fused-ring (bicyclic) bond motifs is 3. The van der Waals surface area contributed by atoms with Gasteiger partial charge in [0.25, 0.3) is 5.69 Å². The molecule has 9 heteroatoms. The van der Waals surface area contributed by atoms with E-state index >= 15 is 0 Å². The topological polar surface area (TPSA) is 120 Å². The van der Waals surface area contributed by atoms with Gasteiger partial charge in [0.2, 0.25) is 0 Å². The van der Waals surface area contributed by atoms with Crippen molar-refractivity contribution >= 4 is 33.8 Å². The standard InChI is InChI=1S/C13H10N4O5/c1-2-21-13(18)22-12-14-6-8-10(16-12)7-4-3-5-9(17(19)20)11(7)15-8/h3-6,15H,2H2,1H3. The molecule has 0 saturated heterocycles. The molecule has 0 amide bonds. The highest BCUT2D eigenvalue weighted by Crippen LogP contribution is 2.30. The number of aromatic nitrogens is 3. The smallest absolute Gasteiger partial charge is 0.434 e. The molecule has 0 aliphatic rings. The van der Waals surface area contributed by atoms with Gasteiger partial charge in [0.15, 0.2) is 0 Å². The summed E-state index contributed by atoms with van der Waals surface area (Å²) in [5.74, 6) is 0. The quantitative estimate of drug-likeness (QED) is 0.448. The van der Waals surface area contributed by atoms with Crippen molar-refractivity contribution in [2.45, 2.75) is 6.92 Å². The Hall–Kier alpha value is -3.23. The van der Waals surface area contributed by atoms with Crippen LogP contribution in [0.5, 0.6) is 6.01 Å². The van der Waals surface area contributed by atoms with Gasteiger partial charge < -0.3 is 14.5 Å². The Labute approximate surface area is 123 Å². The number of para-hydroxylation sites is 1. The average molecular weight is 302 g/mol. The van der Waals surface area contributed by atoms with Crippen LogP contribution in [-0.2, 0) is 4.74 Å². The lowest BCUT2D eigenvalue weighted by Gasteiger charge is -2.01. The van der Waals surface area contributed by atoms with Crippen LogP contribution >= 0.6 is 0 Å². The van der Waals surface area contributed by atoms with Crippen LogP contribution < -0.4 is 4.74 Å². The highest BCUT2D eigenvalue weighted by molar-refractivity contribution is 6.07. The molecule has 0 unspecified atom stereocenters. The maximum Gasteiger partial charge on any atom is 0.516 e. The third kappa shape index (κ3) is 2.28. The summed E-state index contributed by atoms with van der Waals surface area (Å²) >= 11 is 0. The lowest BCUT2D eigenvalue weighted by molar-refractivity contribution is -0.383. The van der Waals surface area contributed by atoms with Gasteiger partial charge >= 0.3 is 12.2 Å². The summed E-state index contributed by atoms with van der Waals surface area (Å²) < 4.78 is 9.47. The molecule has 0 atom stereocenters. The molecule has 0 fully saturated rings. The first-order valence-corrected chi connectivity index (χ1v) is 6.36. The second-order valence-electron chi connectivity index (χ2n) is 4.28. The molecule has 0 aliphatic heterocycles. The van der Waals surface area contributed by atoms with Crippen LogP contribution in [0.2, 0.25) is 0 Å². The summed E-state index contributed by atoms with van der Waals surface area (Å²) in [5, 5.41) is 11.6. The van der Waals surface area contributed by atoms with Crippen molar-refractivity contribution in [3.8, 4) is 6.01 Å². The van der Waals surface area contributed by atoms with E-state index in [0.717, 1.165) is 0 Å². The summed E-state index contributed by atoms with van der Waals surface area (Å²) in [6.07, 6.45) is 0.480. The molecule has 2 heterocycles. The van der Waals surface area contributed by atoms with Crippen molar-refractivity contribution in [3.05, 3.63) is 34.5 Å². The molecule has 0 aliphatic carbocycles. The Morgan fingerprint density at radius 3 is 3.00 bits per heavy atom. The van der Waals surface area contributed by atoms with Gasteiger partial charge in [-0.1, -0.05) is 12.1 Å². The van der Waals surface area contributed by atoms with Gasteiger partial charge in [-0.25, -0.2) is 9.78 Å². The van der Waals surface area contributed by atoms with Gasteiger partial charge in [0, 0.05) is 11.5 Å². The number of carbonyl (C=O) groups excluding carboxylic acids is 1. The summed E-state index contributed by atoms with van der Waals surface area (Å²) in [5.41, 5.74) is 1.20. The summed E-state index contributed by atoms with van der Waals surface area (Å²) in [6, 6.07) is 4.45. The van der Waals surface area contributed by atoms with Gasteiger partial charge in [-0.2, -0.15) is 4.98 Å². The number of nitro benzene ring substituents is 1. The van der Waals surface area contributed by atoms with Crippen LogP contribution in [0.15, 0.2) is 24.4 Å². The van der Waals surface area contributed by atoms with Crippen molar-refractivity contribution in [2.75, 3.05) is 6.61 Å². The van der Waals surface area contributed by atoms with E-state index < -0.39 is 11.1 Å². The van der Waals surface area contributed by atoms with Crippen LogP contribution in [0.1, 0.15) is 6.92 Å². The highest BCUT2D eigenvalue weighted by atomic mass is 16.7. The maximum absolute atomic E-state index is 11.3. The van der Waals surface area contributed by atoms with E-state index in [1.165, 1.54) is 12.3 Å². The first-order chi connectivity index (χ1) is 10.6. The number of hydrogen-bond donors (Lipinski definition) is 1. The van der Waals surface area contributed by atoms with Crippen molar-refractivity contribution < 1.29 is 19.2 Å². The molecule has 2 aromatic heterocycles. The van der Waals surface area contributed by atoms with Gasteiger partial charge in [-0.05, 0) is 6.92 Å². The number of nitro groups is 1. The Morgan fingerprint density at radius 2 is 2.27 bits per heavy atom. The lowest BCUT2D eigenvalue weighted by atomic mass is 10.2. The fraction of sp³-hybridized carbons (Fsp3) is 0.154. The van der Waals surface area contributed by atoms with Gasteiger partial charge in [0.1, 0.15) is 11.0 Å². The van der Waals surface area contributed by atoms with Gasteiger partial charge in [-0.15, -0.1) is 0 Å². The van der Waals surface area contributed by atoms with Crippen LogP contribution in [0.3, 0.4) is 0 Å². The third-order valence-corrected chi connectivity index (χ3v) is 2.96. The van der Waals surface area contributed by atoms with E-state index in [4.69, 9.17) is 4.74 Å². The number of H-pyrrole nitrogens is 1. The lowest BCUT2D eigenvalue weighted by Crippen LogP contribution is -2.11. The van der Waals surface area contributed by atoms with E-state index in [1.807, 2.05) is 0 Å².